The van der Waals surface area contributed by atoms with Crippen LogP contribution in [0.4, 0.5) is 11.4 Å². The lowest BCUT2D eigenvalue weighted by Crippen LogP contribution is -2.12. The molecule has 21 heavy (non-hydrogen) atoms. The van der Waals surface area contributed by atoms with Gasteiger partial charge in [0.15, 0.2) is 5.75 Å². The molecule has 0 aliphatic rings. The average molecular weight is 372 g/mol. The normalized spacial score (nSPS) is 10.2. The van der Waals surface area contributed by atoms with Crippen molar-refractivity contribution in [2.24, 2.45) is 0 Å². The first-order valence-corrected chi connectivity index (χ1v) is 6.79. The zero-order chi connectivity index (χ0) is 15.6. The number of phenolic OH excluding ortho intramolecular Hbond substituents is 1. The van der Waals surface area contributed by atoms with Crippen molar-refractivity contribution in [3.63, 3.8) is 0 Å². The van der Waals surface area contributed by atoms with Crippen LogP contribution in [0.3, 0.4) is 0 Å². The fourth-order valence-corrected chi connectivity index (χ4v) is 2.39. The minimum atomic E-state index is -0.729. The minimum absolute atomic E-state index is 0.0972. The first-order chi connectivity index (χ1) is 9.88. The number of phenols is 1. The first-order valence-electron chi connectivity index (χ1n) is 5.62. The third-order valence-corrected chi connectivity index (χ3v) is 3.50. The minimum Gasteiger partial charge on any atom is -0.502 e. The fourth-order valence-electron chi connectivity index (χ4n) is 1.60. The van der Waals surface area contributed by atoms with Crippen LogP contribution in [-0.2, 0) is 0 Å². The Morgan fingerprint density at radius 3 is 2.57 bits per heavy atom. The van der Waals surface area contributed by atoms with Crippen LogP contribution < -0.4 is 5.32 Å². The number of nitro groups is 1. The van der Waals surface area contributed by atoms with E-state index in [-0.39, 0.29) is 5.56 Å². The maximum Gasteiger partial charge on any atom is 0.310 e. The molecular weight excluding hydrogens is 364 g/mol. The number of halogens is 2. The molecule has 8 heteroatoms. The third-order valence-electron chi connectivity index (χ3n) is 2.61. The van der Waals surface area contributed by atoms with Crippen LogP contribution in [0.2, 0.25) is 5.02 Å². The molecule has 0 aromatic heterocycles. The number of benzene rings is 2. The average Bonchev–Trinajstić information content (AvgIpc) is 2.41. The van der Waals surface area contributed by atoms with Gasteiger partial charge in [-0.1, -0.05) is 11.6 Å². The van der Waals surface area contributed by atoms with Gasteiger partial charge in [0.2, 0.25) is 0 Å². The molecular formula is C13H8BrClN2O4. The summed E-state index contributed by atoms with van der Waals surface area (Å²) in [6.07, 6.45) is 0. The molecule has 2 N–H and O–H groups in total. The van der Waals surface area contributed by atoms with Crippen molar-refractivity contribution in [1.82, 2.24) is 0 Å². The largest absolute Gasteiger partial charge is 0.502 e. The van der Waals surface area contributed by atoms with Gasteiger partial charge in [-0.25, -0.2) is 0 Å². The van der Waals surface area contributed by atoms with E-state index in [1.807, 2.05) is 0 Å². The number of carbonyl (C=O) groups excluding carboxylic acids is 1. The maximum atomic E-state index is 12.0. The topological polar surface area (TPSA) is 92.5 Å². The summed E-state index contributed by atoms with van der Waals surface area (Å²) in [5.74, 6) is -1.08. The molecule has 0 bridgehead atoms. The number of carbonyl (C=O) groups is 1. The molecule has 2 aromatic rings. The van der Waals surface area contributed by atoms with Gasteiger partial charge in [0, 0.05) is 21.1 Å². The van der Waals surface area contributed by atoms with E-state index in [0.29, 0.717) is 15.2 Å². The molecule has 2 rings (SSSR count). The standard InChI is InChI=1S/C13H8BrClN2O4/c14-9-6-8(15)2-3-10(9)16-13(19)7-1-4-11(17(20)21)12(18)5-7/h1-6,18H,(H,16,19). The van der Waals surface area contributed by atoms with E-state index in [2.05, 4.69) is 21.2 Å². The van der Waals surface area contributed by atoms with Crippen molar-refractivity contribution in [2.45, 2.75) is 0 Å². The Kier molecular flexibility index (Phi) is 4.44. The summed E-state index contributed by atoms with van der Waals surface area (Å²) in [5.41, 5.74) is 0.126. The van der Waals surface area contributed by atoms with Gasteiger partial charge in [0.25, 0.3) is 5.91 Å². The summed E-state index contributed by atoms with van der Waals surface area (Å²) >= 11 is 9.05. The lowest BCUT2D eigenvalue weighted by molar-refractivity contribution is -0.385. The van der Waals surface area contributed by atoms with E-state index in [0.717, 1.165) is 12.1 Å². The van der Waals surface area contributed by atoms with Crippen LogP contribution in [0.15, 0.2) is 40.9 Å². The van der Waals surface area contributed by atoms with Crippen molar-refractivity contribution in [3.05, 3.63) is 61.6 Å². The smallest absolute Gasteiger partial charge is 0.310 e. The summed E-state index contributed by atoms with van der Waals surface area (Å²) in [7, 11) is 0. The first kappa shape index (κ1) is 15.3. The Balaban J connectivity index is 2.24. The van der Waals surface area contributed by atoms with Crippen LogP contribution in [-0.4, -0.2) is 15.9 Å². The van der Waals surface area contributed by atoms with E-state index < -0.39 is 22.3 Å². The number of nitrogens with zero attached hydrogens (tertiary/aromatic N) is 1. The molecule has 2 aromatic carbocycles. The highest BCUT2D eigenvalue weighted by molar-refractivity contribution is 9.10. The predicted octanol–water partition coefficient (Wildman–Crippen LogP) is 3.97. The van der Waals surface area contributed by atoms with E-state index in [1.165, 1.54) is 6.07 Å². The highest BCUT2D eigenvalue weighted by atomic mass is 79.9. The molecule has 0 heterocycles. The number of hydrogen-bond acceptors (Lipinski definition) is 4. The molecule has 0 fully saturated rings. The highest BCUT2D eigenvalue weighted by Gasteiger charge is 2.16. The van der Waals surface area contributed by atoms with Gasteiger partial charge >= 0.3 is 5.69 Å². The second-order valence-electron chi connectivity index (χ2n) is 4.04. The summed E-state index contributed by atoms with van der Waals surface area (Å²) in [6.45, 7) is 0. The molecule has 1 amide bonds. The quantitative estimate of drug-likeness (QED) is 0.631. The highest BCUT2D eigenvalue weighted by Crippen LogP contribution is 2.28. The number of nitro benzene ring substituents is 1. The van der Waals surface area contributed by atoms with E-state index in [9.17, 15) is 20.0 Å². The van der Waals surface area contributed by atoms with Gasteiger partial charge in [0.05, 0.1) is 10.6 Å². The van der Waals surface area contributed by atoms with Crippen molar-refractivity contribution in [2.75, 3.05) is 5.32 Å². The molecule has 0 unspecified atom stereocenters. The molecule has 0 atom stereocenters. The Labute approximate surface area is 132 Å². The summed E-state index contributed by atoms with van der Waals surface area (Å²) in [5, 5.41) is 23.2. The molecule has 0 aliphatic heterocycles. The maximum absolute atomic E-state index is 12.0. The molecule has 0 radical (unpaired) electrons. The van der Waals surface area contributed by atoms with E-state index in [4.69, 9.17) is 11.6 Å². The van der Waals surface area contributed by atoms with Crippen LogP contribution in [0, 0.1) is 10.1 Å². The Morgan fingerprint density at radius 1 is 1.29 bits per heavy atom. The van der Waals surface area contributed by atoms with Gasteiger partial charge < -0.3 is 10.4 Å². The second kappa shape index (κ2) is 6.11. The number of hydrogen-bond donors (Lipinski definition) is 2. The van der Waals surface area contributed by atoms with Gasteiger partial charge in [-0.05, 0) is 46.3 Å². The molecule has 0 saturated carbocycles. The molecule has 0 saturated heterocycles. The zero-order valence-corrected chi connectivity index (χ0v) is 12.7. The molecule has 6 nitrogen and oxygen atoms in total. The van der Waals surface area contributed by atoms with Crippen LogP contribution in [0.1, 0.15) is 10.4 Å². The monoisotopic (exact) mass is 370 g/mol. The zero-order valence-electron chi connectivity index (χ0n) is 10.3. The summed E-state index contributed by atoms with van der Waals surface area (Å²) in [4.78, 5) is 21.9. The van der Waals surface area contributed by atoms with Crippen LogP contribution in [0.25, 0.3) is 0 Å². The second-order valence-corrected chi connectivity index (χ2v) is 5.33. The van der Waals surface area contributed by atoms with Crippen molar-refractivity contribution < 1.29 is 14.8 Å². The summed E-state index contributed by atoms with van der Waals surface area (Å²) < 4.78 is 0.592. The fraction of sp³-hybridized carbons (Fsp3) is 0. The predicted molar refractivity (Wildman–Crippen MR) is 81.9 cm³/mol. The number of rotatable bonds is 3. The molecule has 108 valence electrons. The van der Waals surface area contributed by atoms with Crippen molar-refractivity contribution >= 4 is 44.8 Å². The molecule has 0 spiro atoms. The number of nitrogens with one attached hydrogen (secondary N) is 1. The van der Waals surface area contributed by atoms with Gasteiger partial charge in [-0.15, -0.1) is 0 Å². The Morgan fingerprint density at radius 2 is 2.00 bits per heavy atom. The van der Waals surface area contributed by atoms with Crippen molar-refractivity contribution in [3.8, 4) is 5.75 Å². The number of anilines is 1. The van der Waals surface area contributed by atoms with Gasteiger partial charge in [-0.2, -0.15) is 0 Å². The van der Waals surface area contributed by atoms with E-state index in [1.54, 1.807) is 18.2 Å². The molecule has 0 aliphatic carbocycles. The van der Waals surface area contributed by atoms with Crippen molar-refractivity contribution in [1.29, 1.82) is 0 Å². The van der Waals surface area contributed by atoms with Gasteiger partial charge in [-0.3, -0.25) is 14.9 Å². The lowest BCUT2D eigenvalue weighted by Gasteiger charge is -2.08. The number of amides is 1. The van der Waals surface area contributed by atoms with Crippen LogP contribution >= 0.6 is 27.5 Å². The van der Waals surface area contributed by atoms with Gasteiger partial charge in [0.1, 0.15) is 0 Å². The summed E-state index contributed by atoms with van der Waals surface area (Å²) in [6, 6.07) is 8.20. The van der Waals surface area contributed by atoms with Crippen LogP contribution in [0.5, 0.6) is 5.75 Å². The number of aromatic hydroxyl groups is 1. The Hall–Kier alpha value is -2.12. The lowest BCUT2D eigenvalue weighted by atomic mass is 10.1. The Bertz CT molecular complexity index is 736. The SMILES string of the molecule is O=C(Nc1ccc(Cl)cc1Br)c1ccc([N+](=O)[O-])c(O)c1. The van der Waals surface area contributed by atoms with E-state index >= 15 is 0 Å². The third kappa shape index (κ3) is 3.50.